The molecule has 0 radical (unpaired) electrons. The van der Waals surface area contributed by atoms with Crippen LogP contribution in [-0.2, 0) is 9.53 Å². The first kappa shape index (κ1) is 16.3. The summed E-state index contributed by atoms with van der Waals surface area (Å²) in [6, 6.07) is 0. The van der Waals surface area contributed by atoms with E-state index in [9.17, 15) is 18.7 Å². The molecule has 0 aromatic rings. The third-order valence-electron chi connectivity index (χ3n) is 4.15. The fraction of sp³-hybridized carbons (Fsp3) is 0.929. The van der Waals surface area contributed by atoms with Gasteiger partial charge in [-0.2, -0.15) is 8.78 Å². The fourth-order valence-electron chi connectivity index (χ4n) is 2.69. The summed E-state index contributed by atoms with van der Waals surface area (Å²) in [5.41, 5.74) is -2.23. The van der Waals surface area contributed by atoms with E-state index >= 15 is 0 Å². The molecular formula is C14H24F2O3. The van der Waals surface area contributed by atoms with Crippen molar-refractivity contribution in [3.05, 3.63) is 0 Å². The summed E-state index contributed by atoms with van der Waals surface area (Å²) < 4.78 is 32.3. The van der Waals surface area contributed by atoms with Crippen molar-refractivity contribution in [3.63, 3.8) is 0 Å². The Kier molecular flexibility index (Phi) is 4.60. The van der Waals surface area contributed by atoms with E-state index in [-0.39, 0.29) is 30.8 Å². The van der Waals surface area contributed by atoms with Crippen molar-refractivity contribution in [2.45, 2.75) is 64.9 Å². The number of hydrogen-bond acceptors (Lipinski definition) is 3. The van der Waals surface area contributed by atoms with E-state index in [1.165, 1.54) is 6.92 Å². The third-order valence-corrected chi connectivity index (χ3v) is 4.15. The second-order valence-corrected chi connectivity index (χ2v) is 6.47. The van der Waals surface area contributed by atoms with Crippen LogP contribution in [-0.4, -0.2) is 29.2 Å². The van der Waals surface area contributed by atoms with Crippen LogP contribution in [0.2, 0.25) is 0 Å². The second kappa shape index (κ2) is 5.35. The normalized spacial score (nSPS) is 29.1. The van der Waals surface area contributed by atoms with Gasteiger partial charge in [-0.05, 0) is 43.9 Å². The van der Waals surface area contributed by atoms with Gasteiger partial charge < -0.3 is 9.84 Å². The number of esters is 1. The molecule has 19 heavy (non-hydrogen) atoms. The van der Waals surface area contributed by atoms with Gasteiger partial charge in [0, 0.05) is 0 Å². The van der Waals surface area contributed by atoms with Gasteiger partial charge in [-0.25, -0.2) is 4.79 Å². The van der Waals surface area contributed by atoms with Crippen LogP contribution in [0.25, 0.3) is 0 Å². The maximum Gasteiger partial charge on any atom is 0.380 e. The Morgan fingerprint density at radius 3 is 2.16 bits per heavy atom. The molecule has 0 aromatic heterocycles. The lowest BCUT2D eigenvalue weighted by molar-refractivity contribution is -0.223. The quantitative estimate of drug-likeness (QED) is 0.807. The Balaban J connectivity index is 2.77. The van der Waals surface area contributed by atoms with E-state index in [2.05, 4.69) is 25.5 Å². The number of rotatable bonds is 3. The van der Waals surface area contributed by atoms with Gasteiger partial charge in [0.15, 0.2) is 0 Å². The molecule has 1 fully saturated rings. The lowest BCUT2D eigenvalue weighted by Gasteiger charge is -2.43. The Bertz CT molecular complexity index is 326. The van der Waals surface area contributed by atoms with Crippen molar-refractivity contribution < 1.29 is 23.4 Å². The molecule has 1 saturated carbocycles. The van der Waals surface area contributed by atoms with Gasteiger partial charge in [0.05, 0.1) is 6.61 Å². The molecule has 0 heterocycles. The van der Waals surface area contributed by atoms with E-state index in [1.54, 1.807) is 0 Å². The summed E-state index contributed by atoms with van der Waals surface area (Å²) in [5.74, 6) is -5.16. The van der Waals surface area contributed by atoms with Crippen LogP contribution in [0, 0.1) is 11.3 Å². The van der Waals surface area contributed by atoms with E-state index in [0.29, 0.717) is 12.8 Å². The molecule has 0 bridgehead atoms. The number of halogens is 2. The zero-order valence-electron chi connectivity index (χ0n) is 12.1. The van der Waals surface area contributed by atoms with Crippen LogP contribution >= 0.6 is 0 Å². The zero-order valence-corrected chi connectivity index (χ0v) is 12.1. The molecule has 0 aromatic carbocycles. The highest BCUT2D eigenvalue weighted by Crippen LogP contribution is 2.47. The molecule has 0 atom stereocenters. The highest BCUT2D eigenvalue weighted by atomic mass is 19.3. The highest BCUT2D eigenvalue weighted by Gasteiger charge is 2.60. The number of aliphatic hydroxyl groups is 1. The van der Waals surface area contributed by atoms with E-state index in [0.717, 1.165) is 0 Å². The third kappa shape index (κ3) is 3.25. The molecule has 0 aliphatic heterocycles. The smallest absolute Gasteiger partial charge is 0.380 e. The number of hydrogen-bond donors (Lipinski definition) is 1. The van der Waals surface area contributed by atoms with Crippen LogP contribution in [0.15, 0.2) is 0 Å². The van der Waals surface area contributed by atoms with Crippen molar-refractivity contribution in [2.75, 3.05) is 6.61 Å². The largest absolute Gasteiger partial charge is 0.461 e. The molecule has 1 N–H and O–H groups in total. The first-order valence-corrected chi connectivity index (χ1v) is 6.82. The first-order chi connectivity index (χ1) is 8.54. The summed E-state index contributed by atoms with van der Waals surface area (Å²) in [7, 11) is 0. The molecule has 1 aliphatic carbocycles. The summed E-state index contributed by atoms with van der Waals surface area (Å²) in [6.45, 7) is 7.53. The first-order valence-electron chi connectivity index (χ1n) is 6.82. The SMILES string of the molecule is CCOC(=O)C(F)(F)C1(O)CCC(C(C)(C)C)CC1. The Morgan fingerprint density at radius 1 is 1.32 bits per heavy atom. The van der Waals surface area contributed by atoms with E-state index < -0.39 is 17.5 Å². The Morgan fingerprint density at radius 2 is 1.79 bits per heavy atom. The van der Waals surface area contributed by atoms with Gasteiger partial charge in [0.1, 0.15) is 5.60 Å². The van der Waals surface area contributed by atoms with Crippen molar-refractivity contribution in [2.24, 2.45) is 11.3 Å². The fourth-order valence-corrected chi connectivity index (χ4v) is 2.69. The standard InChI is InChI=1S/C14H24F2O3/c1-5-19-11(17)14(15,16)13(18)8-6-10(7-9-13)12(2,3)4/h10,18H,5-9H2,1-4H3. The monoisotopic (exact) mass is 278 g/mol. The van der Waals surface area contributed by atoms with Crippen LogP contribution in [0.5, 0.6) is 0 Å². The van der Waals surface area contributed by atoms with Gasteiger partial charge in [-0.3, -0.25) is 0 Å². The lowest BCUT2D eigenvalue weighted by atomic mass is 9.67. The highest BCUT2D eigenvalue weighted by molar-refractivity contribution is 5.79. The molecule has 0 unspecified atom stereocenters. The number of ether oxygens (including phenoxy) is 1. The summed E-state index contributed by atoms with van der Waals surface area (Å²) in [6.07, 6.45) is 0.853. The second-order valence-electron chi connectivity index (χ2n) is 6.47. The van der Waals surface area contributed by atoms with Gasteiger partial charge in [-0.1, -0.05) is 20.8 Å². The maximum atomic E-state index is 14.0. The predicted octanol–water partition coefficient (Wildman–Crippen LogP) is 3.15. The molecule has 112 valence electrons. The van der Waals surface area contributed by atoms with Gasteiger partial charge in [0.2, 0.25) is 0 Å². The topological polar surface area (TPSA) is 46.5 Å². The molecule has 0 amide bonds. The molecule has 0 saturated heterocycles. The van der Waals surface area contributed by atoms with Crippen LogP contribution in [0.3, 0.4) is 0 Å². The predicted molar refractivity (Wildman–Crippen MR) is 67.9 cm³/mol. The minimum Gasteiger partial charge on any atom is -0.461 e. The summed E-state index contributed by atoms with van der Waals surface area (Å²) in [4.78, 5) is 11.3. The van der Waals surface area contributed by atoms with Crippen molar-refractivity contribution >= 4 is 5.97 Å². The maximum absolute atomic E-state index is 14.0. The van der Waals surface area contributed by atoms with Crippen LogP contribution < -0.4 is 0 Å². The molecule has 3 nitrogen and oxygen atoms in total. The Labute approximate surface area is 113 Å². The minimum absolute atomic E-state index is 0.0283. The lowest BCUT2D eigenvalue weighted by Crippen LogP contribution is -2.56. The molecule has 1 rings (SSSR count). The van der Waals surface area contributed by atoms with E-state index in [4.69, 9.17) is 0 Å². The Hall–Kier alpha value is -0.710. The molecule has 0 spiro atoms. The van der Waals surface area contributed by atoms with Crippen molar-refractivity contribution in [3.8, 4) is 0 Å². The summed E-state index contributed by atoms with van der Waals surface area (Å²) in [5, 5.41) is 10.1. The van der Waals surface area contributed by atoms with Crippen LogP contribution in [0.1, 0.15) is 53.4 Å². The number of carbonyl (C=O) groups is 1. The van der Waals surface area contributed by atoms with Crippen LogP contribution in [0.4, 0.5) is 8.78 Å². The van der Waals surface area contributed by atoms with Gasteiger partial charge in [-0.15, -0.1) is 0 Å². The minimum atomic E-state index is -3.83. The van der Waals surface area contributed by atoms with Gasteiger partial charge in [0.25, 0.3) is 0 Å². The number of carbonyl (C=O) groups excluding carboxylic acids is 1. The summed E-state index contributed by atoms with van der Waals surface area (Å²) >= 11 is 0. The average molecular weight is 278 g/mol. The molecule has 1 aliphatic rings. The molecule has 5 heteroatoms. The van der Waals surface area contributed by atoms with Gasteiger partial charge >= 0.3 is 11.9 Å². The van der Waals surface area contributed by atoms with Crippen molar-refractivity contribution in [1.29, 1.82) is 0 Å². The number of alkyl halides is 2. The molecular weight excluding hydrogens is 254 g/mol. The van der Waals surface area contributed by atoms with Crippen molar-refractivity contribution in [1.82, 2.24) is 0 Å². The van der Waals surface area contributed by atoms with E-state index in [1.807, 2.05) is 0 Å². The zero-order chi connectivity index (χ0) is 14.9. The average Bonchev–Trinajstić information content (AvgIpc) is 2.28.